The number of ether oxygens (including phenoxy) is 2. The molecule has 48 heavy (non-hydrogen) atoms. The molecule has 0 aromatic heterocycles. The summed E-state index contributed by atoms with van der Waals surface area (Å²) in [4.78, 5) is 89.5. The molecule has 17 heteroatoms. The molecule has 3 aliphatic heterocycles. The lowest BCUT2D eigenvalue weighted by atomic mass is 9.77. The highest BCUT2D eigenvalue weighted by atomic mass is 16.6. The number of nitrogens with zero attached hydrogens (tertiary/aromatic N) is 5. The van der Waals surface area contributed by atoms with E-state index in [1.54, 1.807) is 6.92 Å². The Morgan fingerprint density at radius 3 is 1.96 bits per heavy atom. The first kappa shape index (κ1) is 33.8. The Bertz CT molecular complexity index is 1720. The lowest BCUT2D eigenvalue weighted by Crippen LogP contribution is -2.63. The van der Waals surface area contributed by atoms with Crippen LogP contribution in [0.1, 0.15) is 41.0 Å². The monoisotopic (exact) mass is 665 g/mol. The number of carbonyl (C=O) groups excluding carboxylic acids is 5. The zero-order chi connectivity index (χ0) is 35.0. The van der Waals surface area contributed by atoms with Gasteiger partial charge < -0.3 is 24.4 Å². The topological polar surface area (TPSA) is 220 Å². The summed E-state index contributed by atoms with van der Waals surface area (Å²) in [7, 11) is 1.46. The molecular formula is C31H31N5O12. The third-order valence-electron chi connectivity index (χ3n) is 8.98. The molecule has 2 amide bonds. The first-order valence-electron chi connectivity index (χ1n) is 14.9. The van der Waals surface area contributed by atoms with Crippen molar-refractivity contribution in [1.82, 2.24) is 14.7 Å². The molecule has 252 valence electrons. The van der Waals surface area contributed by atoms with Crippen molar-refractivity contribution in [3.05, 3.63) is 91.2 Å². The number of fused-ring (bicyclic) bond motifs is 1. The molecule has 2 saturated heterocycles. The van der Waals surface area contributed by atoms with Crippen LogP contribution >= 0.6 is 0 Å². The molecule has 3 aliphatic rings. The molecule has 1 N–H and O–H groups in total. The van der Waals surface area contributed by atoms with Gasteiger partial charge in [0, 0.05) is 62.9 Å². The van der Waals surface area contributed by atoms with E-state index in [0.717, 1.165) is 36.4 Å². The second-order valence-corrected chi connectivity index (χ2v) is 11.9. The van der Waals surface area contributed by atoms with E-state index in [0.29, 0.717) is 25.1 Å². The lowest BCUT2D eigenvalue weighted by Gasteiger charge is -2.46. The molecule has 3 heterocycles. The number of esters is 3. The maximum absolute atomic E-state index is 13.5. The third kappa shape index (κ3) is 6.37. The second kappa shape index (κ2) is 13.3. The number of hydrogen-bond acceptors (Lipinski definition) is 13. The highest BCUT2D eigenvalue weighted by molar-refractivity contribution is 6.06. The molecule has 5 rings (SSSR count). The Morgan fingerprint density at radius 2 is 1.46 bits per heavy atom. The van der Waals surface area contributed by atoms with Crippen LogP contribution in [0.25, 0.3) is 0 Å². The summed E-state index contributed by atoms with van der Waals surface area (Å²) in [6.45, 7) is 4.19. The van der Waals surface area contributed by atoms with Crippen LogP contribution in [-0.2, 0) is 19.1 Å². The van der Waals surface area contributed by atoms with Crippen molar-refractivity contribution in [2.45, 2.75) is 38.5 Å². The summed E-state index contributed by atoms with van der Waals surface area (Å²) in [5.41, 5.74) is -0.259. The SMILES string of the molecule is C[C@@H](O)C1C(=O)N2C(C(=O)OC(=O)c3ccc([N+](=O)[O-])cc3)=C(CN3CC[C@H](N(C)C(=O)OC(=O)c4ccc([N+](=O)[O-])cc4)C3)[C@H](C)[C@H]12. The summed E-state index contributed by atoms with van der Waals surface area (Å²) >= 11 is 0. The predicted molar refractivity (Wildman–Crippen MR) is 162 cm³/mol. The van der Waals surface area contributed by atoms with Crippen LogP contribution in [0.3, 0.4) is 0 Å². The van der Waals surface area contributed by atoms with Gasteiger partial charge in [0.2, 0.25) is 5.91 Å². The van der Waals surface area contributed by atoms with Gasteiger partial charge >= 0.3 is 24.0 Å². The van der Waals surface area contributed by atoms with Gasteiger partial charge in [-0.2, -0.15) is 0 Å². The van der Waals surface area contributed by atoms with Crippen LogP contribution in [0.4, 0.5) is 16.2 Å². The summed E-state index contributed by atoms with van der Waals surface area (Å²) in [6.07, 6.45) is -1.45. The van der Waals surface area contributed by atoms with Crippen LogP contribution < -0.4 is 0 Å². The summed E-state index contributed by atoms with van der Waals surface area (Å²) < 4.78 is 10.1. The number of likely N-dealkylation sites (tertiary alicyclic amines) is 1. The van der Waals surface area contributed by atoms with Crippen molar-refractivity contribution in [3.8, 4) is 0 Å². The van der Waals surface area contributed by atoms with Gasteiger partial charge in [-0.05, 0) is 43.2 Å². The van der Waals surface area contributed by atoms with Crippen LogP contribution in [0, 0.1) is 32.1 Å². The Labute approximate surface area is 272 Å². The number of amides is 2. The van der Waals surface area contributed by atoms with Crippen molar-refractivity contribution in [3.63, 3.8) is 0 Å². The Hall–Kier alpha value is -5.55. The standard InChI is InChI=1S/C31H31N5O12/c1-16-23(15-33-13-12-22(14-33)32(3)31(42)48-29(40)19-6-10-21(11-7-19)36(45)46)26(34-25(16)24(17(2)37)27(34)38)30(41)47-28(39)18-4-8-20(9-5-18)35(43)44/h4-11,16-17,22,24-25,37H,12-15H2,1-3H3/t16-,17+,22-,24?,25+/m0/s1. The second-order valence-electron chi connectivity index (χ2n) is 11.9. The van der Waals surface area contributed by atoms with Crippen molar-refractivity contribution in [2.24, 2.45) is 11.8 Å². The minimum atomic E-state index is -1.08. The Balaban J connectivity index is 1.28. The molecule has 2 aromatic carbocycles. The van der Waals surface area contributed by atoms with Crippen molar-refractivity contribution in [1.29, 1.82) is 0 Å². The largest absolute Gasteiger partial charge is 0.417 e. The number of aliphatic hydroxyl groups is 1. The van der Waals surface area contributed by atoms with Crippen molar-refractivity contribution >= 4 is 41.3 Å². The van der Waals surface area contributed by atoms with Gasteiger partial charge in [-0.3, -0.25) is 29.9 Å². The van der Waals surface area contributed by atoms with Gasteiger partial charge in [0.15, 0.2) is 0 Å². The number of hydrogen-bond donors (Lipinski definition) is 1. The maximum atomic E-state index is 13.5. The number of nitro groups is 2. The summed E-state index contributed by atoms with van der Waals surface area (Å²) in [5.74, 6) is -4.80. The quantitative estimate of drug-likeness (QED) is 0.134. The van der Waals surface area contributed by atoms with Crippen molar-refractivity contribution in [2.75, 3.05) is 26.7 Å². The zero-order valence-electron chi connectivity index (χ0n) is 26.0. The average molecular weight is 666 g/mol. The number of non-ortho nitro benzene ring substituents is 2. The van der Waals surface area contributed by atoms with Gasteiger partial charge in [-0.15, -0.1) is 0 Å². The molecule has 17 nitrogen and oxygen atoms in total. The molecule has 5 atom stereocenters. The van der Waals surface area contributed by atoms with E-state index in [1.165, 1.54) is 35.9 Å². The minimum absolute atomic E-state index is 0.0429. The van der Waals surface area contributed by atoms with E-state index in [2.05, 4.69) is 0 Å². The molecule has 2 aromatic rings. The average Bonchev–Trinajstić information content (AvgIpc) is 3.61. The van der Waals surface area contributed by atoms with Gasteiger partial charge in [0.05, 0.1) is 39.0 Å². The summed E-state index contributed by atoms with van der Waals surface area (Å²) in [5, 5.41) is 32.1. The lowest BCUT2D eigenvalue weighted by molar-refractivity contribution is -0.385. The molecule has 0 saturated carbocycles. The highest BCUT2D eigenvalue weighted by Crippen LogP contribution is 2.47. The Morgan fingerprint density at radius 1 is 0.938 bits per heavy atom. The van der Waals surface area contributed by atoms with Crippen LogP contribution in [0.5, 0.6) is 0 Å². The van der Waals surface area contributed by atoms with E-state index < -0.39 is 69.8 Å². The summed E-state index contributed by atoms with van der Waals surface area (Å²) in [6, 6.07) is 8.12. The number of β-lactam (4-membered cyclic amide) rings is 1. The van der Waals surface area contributed by atoms with Gasteiger partial charge in [-0.25, -0.2) is 19.2 Å². The third-order valence-corrected chi connectivity index (χ3v) is 8.98. The molecule has 0 aliphatic carbocycles. The molecule has 2 fully saturated rings. The molecule has 0 bridgehead atoms. The fourth-order valence-electron chi connectivity index (χ4n) is 6.34. The maximum Gasteiger partial charge on any atom is 0.417 e. The number of likely N-dealkylation sites (N-methyl/N-ethyl adjacent to an activating group) is 1. The first-order valence-corrected chi connectivity index (χ1v) is 14.9. The highest BCUT2D eigenvalue weighted by Gasteiger charge is 2.60. The van der Waals surface area contributed by atoms with Crippen molar-refractivity contribution < 1.29 is 48.4 Å². The van der Waals surface area contributed by atoms with Gasteiger partial charge in [0.25, 0.3) is 11.4 Å². The number of rotatable bonds is 9. The number of aliphatic hydroxyl groups excluding tert-OH is 1. The van der Waals surface area contributed by atoms with Crippen LogP contribution in [-0.4, -0.2) is 104 Å². The fraction of sp³-hybridized carbons (Fsp3) is 0.387. The smallest absolute Gasteiger partial charge is 0.393 e. The van der Waals surface area contributed by atoms with Gasteiger partial charge in [0.1, 0.15) is 5.70 Å². The first-order chi connectivity index (χ1) is 22.7. The number of carbonyl (C=O) groups is 5. The zero-order valence-corrected chi connectivity index (χ0v) is 26.0. The van der Waals surface area contributed by atoms with E-state index in [9.17, 15) is 49.3 Å². The number of benzene rings is 2. The van der Waals surface area contributed by atoms with Crippen LogP contribution in [0.15, 0.2) is 59.8 Å². The molecular weight excluding hydrogens is 634 g/mol. The van der Waals surface area contributed by atoms with E-state index >= 15 is 0 Å². The minimum Gasteiger partial charge on any atom is -0.393 e. The Kier molecular flexibility index (Phi) is 9.36. The number of nitro benzene ring substituents is 2. The molecule has 0 radical (unpaired) electrons. The van der Waals surface area contributed by atoms with Gasteiger partial charge in [-0.1, -0.05) is 6.92 Å². The van der Waals surface area contributed by atoms with Crippen LogP contribution in [0.2, 0.25) is 0 Å². The predicted octanol–water partition coefficient (Wildman–Crippen LogP) is 2.28. The fourth-order valence-corrected chi connectivity index (χ4v) is 6.34. The van der Waals surface area contributed by atoms with E-state index in [4.69, 9.17) is 9.47 Å². The van der Waals surface area contributed by atoms with E-state index in [1.807, 2.05) is 4.90 Å². The molecule has 0 spiro atoms. The van der Waals surface area contributed by atoms with E-state index in [-0.39, 0.29) is 34.7 Å². The molecule has 1 unspecified atom stereocenters. The normalized spacial score (nSPS) is 22.4.